The van der Waals surface area contributed by atoms with E-state index in [1.54, 1.807) is 0 Å². The molecule has 0 aliphatic heterocycles. The van der Waals surface area contributed by atoms with Gasteiger partial charge in [-0.05, 0) is 56.1 Å². The fraction of sp³-hybridized carbons (Fsp3) is 0.474. The third kappa shape index (κ3) is 3.45. The minimum atomic E-state index is 0.393. The Bertz CT molecular complexity index is 603. The van der Waals surface area contributed by atoms with Crippen molar-refractivity contribution in [2.75, 3.05) is 13.6 Å². The summed E-state index contributed by atoms with van der Waals surface area (Å²) in [6.45, 7) is 5.62. The van der Waals surface area contributed by atoms with Crippen LogP contribution in [0.2, 0.25) is 0 Å². The molecular formula is C19H26N2. The number of nitrogens with zero attached hydrogens (tertiary/aromatic N) is 1. The molecule has 2 aromatic rings. The molecule has 112 valence electrons. The fourth-order valence-electron chi connectivity index (χ4n) is 2.93. The molecule has 1 N–H and O–H groups in total. The molecule has 2 unspecified atom stereocenters. The molecule has 0 radical (unpaired) electrons. The average Bonchev–Trinajstić information content (AvgIpc) is 3.35. The average molecular weight is 282 g/mol. The maximum Gasteiger partial charge on any atom is 0.0292 e. The molecule has 0 heterocycles. The Kier molecular flexibility index (Phi) is 4.27. The second kappa shape index (κ2) is 6.17. The molecule has 0 amide bonds. The van der Waals surface area contributed by atoms with Crippen LogP contribution in [0.1, 0.15) is 38.3 Å². The lowest BCUT2D eigenvalue weighted by Gasteiger charge is -2.26. The number of benzene rings is 2. The summed E-state index contributed by atoms with van der Waals surface area (Å²) in [6, 6.07) is 17.2. The Balaban J connectivity index is 1.61. The minimum absolute atomic E-state index is 0.393. The Labute approximate surface area is 128 Å². The largest absolute Gasteiger partial charge is 0.309 e. The first-order valence-corrected chi connectivity index (χ1v) is 8.09. The lowest BCUT2D eigenvalue weighted by atomic mass is 10.0. The highest BCUT2D eigenvalue weighted by atomic mass is 15.2. The normalized spacial score (nSPS) is 18.1. The van der Waals surface area contributed by atoms with Crippen LogP contribution in [0.25, 0.3) is 10.8 Å². The zero-order valence-corrected chi connectivity index (χ0v) is 13.3. The van der Waals surface area contributed by atoms with E-state index in [0.29, 0.717) is 12.1 Å². The van der Waals surface area contributed by atoms with Gasteiger partial charge in [0.25, 0.3) is 0 Å². The first-order chi connectivity index (χ1) is 10.1. The van der Waals surface area contributed by atoms with Gasteiger partial charge in [0.15, 0.2) is 0 Å². The highest BCUT2D eigenvalue weighted by Gasteiger charge is 2.28. The highest BCUT2D eigenvalue weighted by molar-refractivity contribution is 5.83. The fourth-order valence-corrected chi connectivity index (χ4v) is 2.93. The predicted octanol–water partition coefficient (Wildman–Crippen LogP) is 3.97. The summed E-state index contributed by atoms with van der Waals surface area (Å²) in [6.07, 6.45) is 2.75. The number of fused-ring (bicyclic) bond motifs is 1. The summed E-state index contributed by atoms with van der Waals surface area (Å²) in [5.41, 5.74) is 1.37. The van der Waals surface area contributed by atoms with Gasteiger partial charge in [-0.1, -0.05) is 36.4 Å². The highest BCUT2D eigenvalue weighted by Crippen LogP contribution is 2.27. The van der Waals surface area contributed by atoms with Crippen molar-refractivity contribution in [3.8, 4) is 0 Å². The lowest BCUT2D eigenvalue weighted by Crippen LogP contribution is -2.39. The van der Waals surface area contributed by atoms with Gasteiger partial charge in [-0.3, -0.25) is 4.90 Å². The van der Waals surface area contributed by atoms with Crippen molar-refractivity contribution in [3.63, 3.8) is 0 Å². The van der Waals surface area contributed by atoms with Crippen LogP contribution >= 0.6 is 0 Å². The molecule has 1 aliphatic rings. The monoisotopic (exact) mass is 282 g/mol. The van der Waals surface area contributed by atoms with Crippen molar-refractivity contribution in [2.24, 2.45) is 0 Å². The van der Waals surface area contributed by atoms with Crippen LogP contribution in [-0.2, 0) is 0 Å². The third-order valence-corrected chi connectivity index (χ3v) is 4.81. The molecule has 1 saturated carbocycles. The van der Waals surface area contributed by atoms with Gasteiger partial charge in [0.1, 0.15) is 0 Å². The van der Waals surface area contributed by atoms with Gasteiger partial charge in [0.05, 0.1) is 0 Å². The van der Waals surface area contributed by atoms with E-state index >= 15 is 0 Å². The SMILES string of the molecule is CC(NCC(C)N(C)C1CC1)c1ccc2ccccc2c1. The van der Waals surface area contributed by atoms with Crippen molar-refractivity contribution in [1.29, 1.82) is 0 Å². The molecule has 3 rings (SSSR count). The minimum Gasteiger partial charge on any atom is -0.309 e. The second-order valence-electron chi connectivity index (χ2n) is 6.48. The van der Waals surface area contributed by atoms with E-state index in [2.05, 4.69) is 73.6 Å². The van der Waals surface area contributed by atoms with E-state index in [4.69, 9.17) is 0 Å². The van der Waals surface area contributed by atoms with Crippen LogP contribution in [0.4, 0.5) is 0 Å². The lowest BCUT2D eigenvalue weighted by molar-refractivity contribution is 0.237. The summed E-state index contributed by atoms with van der Waals surface area (Å²) < 4.78 is 0. The molecule has 0 saturated heterocycles. The van der Waals surface area contributed by atoms with E-state index in [1.807, 2.05) is 0 Å². The Morgan fingerprint density at radius 2 is 1.81 bits per heavy atom. The molecular weight excluding hydrogens is 256 g/mol. The maximum absolute atomic E-state index is 3.69. The van der Waals surface area contributed by atoms with Gasteiger partial charge in [0, 0.05) is 24.7 Å². The third-order valence-electron chi connectivity index (χ3n) is 4.81. The van der Waals surface area contributed by atoms with E-state index < -0.39 is 0 Å². The van der Waals surface area contributed by atoms with Gasteiger partial charge < -0.3 is 5.32 Å². The number of rotatable bonds is 6. The summed E-state index contributed by atoms with van der Waals surface area (Å²) in [5, 5.41) is 6.33. The second-order valence-corrected chi connectivity index (χ2v) is 6.48. The van der Waals surface area contributed by atoms with Crippen LogP contribution in [0.5, 0.6) is 0 Å². The van der Waals surface area contributed by atoms with Gasteiger partial charge >= 0.3 is 0 Å². The summed E-state index contributed by atoms with van der Waals surface area (Å²) in [5.74, 6) is 0. The molecule has 0 aromatic heterocycles. The molecule has 2 atom stereocenters. The van der Waals surface area contributed by atoms with Gasteiger partial charge in [-0.15, -0.1) is 0 Å². The van der Waals surface area contributed by atoms with Crippen molar-refractivity contribution < 1.29 is 0 Å². The molecule has 1 fully saturated rings. The number of hydrogen-bond acceptors (Lipinski definition) is 2. The Hall–Kier alpha value is -1.38. The summed E-state index contributed by atoms with van der Waals surface area (Å²) in [4.78, 5) is 2.51. The smallest absolute Gasteiger partial charge is 0.0292 e. The van der Waals surface area contributed by atoms with Crippen LogP contribution in [0.3, 0.4) is 0 Å². The van der Waals surface area contributed by atoms with E-state index in [9.17, 15) is 0 Å². The van der Waals surface area contributed by atoms with Crippen molar-refractivity contribution in [3.05, 3.63) is 48.0 Å². The van der Waals surface area contributed by atoms with Crippen molar-refractivity contribution >= 4 is 10.8 Å². The zero-order chi connectivity index (χ0) is 14.8. The standard InChI is InChI=1S/C19H26N2/c1-14(21(3)19-10-11-19)13-20-15(2)17-9-8-16-6-4-5-7-18(16)12-17/h4-9,12,14-15,19-20H,10-11,13H2,1-3H3. The number of nitrogens with one attached hydrogen (secondary N) is 1. The molecule has 0 bridgehead atoms. The van der Waals surface area contributed by atoms with Crippen LogP contribution in [0, 0.1) is 0 Å². The predicted molar refractivity (Wildman–Crippen MR) is 90.6 cm³/mol. The van der Waals surface area contributed by atoms with Gasteiger partial charge in [-0.2, -0.15) is 0 Å². The van der Waals surface area contributed by atoms with E-state index in [1.165, 1.54) is 29.2 Å². The quantitative estimate of drug-likeness (QED) is 0.862. The first kappa shape index (κ1) is 14.6. The van der Waals surface area contributed by atoms with E-state index in [0.717, 1.165) is 12.6 Å². The van der Waals surface area contributed by atoms with Crippen LogP contribution in [-0.4, -0.2) is 30.6 Å². The van der Waals surface area contributed by atoms with E-state index in [-0.39, 0.29) is 0 Å². The molecule has 1 aliphatic carbocycles. The molecule has 2 heteroatoms. The van der Waals surface area contributed by atoms with Gasteiger partial charge in [0.2, 0.25) is 0 Å². The summed E-state index contributed by atoms with van der Waals surface area (Å²) in [7, 11) is 2.25. The Morgan fingerprint density at radius 3 is 2.52 bits per heavy atom. The van der Waals surface area contributed by atoms with Crippen molar-refractivity contribution in [1.82, 2.24) is 10.2 Å². The molecule has 2 aromatic carbocycles. The first-order valence-electron chi connectivity index (χ1n) is 8.09. The molecule has 2 nitrogen and oxygen atoms in total. The maximum atomic E-state index is 3.69. The zero-order valence-electron chi connectivity index (χ0n) is 13.3. The summed E-state index contributed by atoms with van der Waals surface area (Å²) >= 11 is 0. The van der Waals surface area contributed by atoms with Crippen LogP contribution in [0.15, 0.2) is 42.5 Å². The van der Waals surface area contributed by atoms with Crippen LogP contribution < -0.4 is 5.32 Å². The topological polar surface area (TPSA) is 15.3 Å². The Morgan fingerprint density at radius 1 is 1.10 bits per heavy atom. The number of hydrogen-bond donors (Lipinski definition) is 1. The van der Waals surface area contributed by atoms with Crippen molar-refractivity contribution in [2.45, 2.75) is 44.8 Å². The van der Waals surface area contributed by atoms with Gasteiger partial charge in [-0.25, -0.2) is 0 Å². The molecule has 0 spiro atoms. The molecule has 21 heavy (non-hydrogen) atoms. The number of likely N-dealkylation sites (N-methyl/N-ethyl adjacent to an activating group) is 1.